The SMILES string of the molecule is COc1cc(NS(=O)(=O)c2ccc(C(C)(C)C)cc2)ccc1-n1cnc(C)c1. The molecular weight excluding hydrogens is 374 g/mol. The molecule has 3 aromatic rings. The van der Waals surface area contributed by atoms with Crippen molar-refractivity contribution in [3.05, 3.63) is 66.2 Å². The zero-order valence-corrected chi connectivity index (χ0v) is 17.5. The van der Waals surface area contributed by atoms with Crippen LogP contribution in [0.2, 0.25) is 0 Å². The highest BCUT2D eigenvalue weighted by Gasteiger charge is 2.18. The lowest BCUT2D eigenvalue weighted by Gasteiger charge is -2.19. The monoisotopic (exact) mass is 399 g/mol. The number of aryl methyl sites for hydroxylation is 1. The fraction of sp³-hybridized carbons (Fsp3) is 0.286. The minimum absolute atomic E-state index is 0.0371. The topological polar surface area (TPSA) is 73.2 Å². The summed E-state index contributed by atoms with van der Waals surface area (Å²) < 4.78 is 35.4. The molecule has 0 aliphatic rings. The van der Waals surface area contributed by atoms with Crippen molar-refractivity contribution in [2.45, 2.75) is 38.0 Å². The van der Waals surface area contributed by atoms with Crippen LogP contribution in [-0.4, -0.2) is 25.1 Å². The van der Waals surface area contributed by atoms with Gasteiger partial charge < -0.3 is 9.30 Å². The number of ether oxygens (including phenoxy) is 1. The first-order chi connectivity index (χ1) is 13.1. The number of benzene rings is 2. The molecule has 1 N–H and O–H groups in total. The number of aromatic nitrogens is 2. The van der Waals surface area contributed by atoms with Gasteiger partial charge in [-0.05, 0) is 42.2 Å². The molecule has 0 saturated carbocycles. The van der Waals surface area contributed by atoms with E-state index in [0.29, 0.717) is 11.4 Å². The number of sulfonamides is 1. The first kappa shape index (κ1) is 19.9. The van der Waals surface area contributed by atoms with E-state index in [4.69, 9.17) is 4.74 Å². The molecule has 0 atom stereocenters. The van der Waals surface area contributed by atoms with E-state index in [1.54, 1.807) is 43.8 Å². The van der Waals surface area contributed by atoms with Crippen molar-refractivity contribution >= 4 is 15.7 Å². The molecule has 0 radical (unpaired) electrons. The molecule has 1 aromatic heterocycles. The third-order valence-electron chi connectivity index (χ3n) is 4.45. The van der Waals surface area contributed by atoms with Crippen LogP contribution >= 0.6 is 0 Å². The zero-order valence-electron chi connectivity index (χ0n) is 16.7. The first-order valence-electron chi connectivity index (χ1n) is 8.92. The number of nitrogens with zero attached hydrogens (tertiary/aromatic N) is 2. The van der Waals surface area contributed by atoms with Crippen LogP contribution in [0.15, 0.2) is 59.9 Å². The van der Waals surface area contributed by atoms with Crippen LogP contribution in [0.1, 0.15) is 32.0 Å². The van der Waals surface area contributed by atoms with Crippen molar-refractivity contribution in [1.29, 1.82) is 0 Å². The lowest BCUT2D eigenvalue weighted by atomic mass is 9.87. The number of hydrogen-bond acceptors (Lipinski definition) is 4. The Bertz CT molecular complexity index is 1080. The Hall–Kier alpha value is -2.80. The number of imidazole rings is 1. The molecule has 0 unspecified atom stereocenters. The summed E-state index contributed by atoms with van der Waals surface area (Å²) in [5.74, 6) is 0.542. The normalized spacial score (nSPS) is 12.0. The van der Waals surface area contributed by atoms with Crippen LogP contribution in [-0.2, 0) is 15.4 Å². The van der Waals surface area contributed by atoms with E-state index in [0.717, 1.165) is 16.9 Å². The molecule has 0 amide bonds. The molecule has 0 aliphatic carbocycles. The lowest BCUT2D eigenvalue weighted by molar-refractivity contribution is 0.413. The zero-order chi connectivity index (χ0) is 20.5. The predicted octanol–water partition coefficient (Wildman–Crippen LogP) is 4.29. The van der Waals surface area contributed by atoms with Gasteiger partial charge in [0.25, 0.3) is 10.0 Å². The maximum absolute atomic E-state index is 12.8. The van der Waals surface area contributed by atoms with Crippen molar-refractivity contribution in [2.75, 3.05) is 11.8 Å². The summed E-state index contributed by atoms with van der Waals surface area (Å²) in [5, 5.41) is 0. The molecule has 2 aromatic carbocycles. The van der Waals surface area contributed by atoms with E-state index in [1.807, 2.05) is 29.8 Å². The molecule has 6 nitrogen and oxygen atoms in total. The van der Waals surface area contributed by atoms with Crippen molar-refractivity contribution in [1.82, 2.24) is 9.55 Å². The minimum Gasteiger partial charge on any atom is -0.494 e. The highest BCUT2D eigenvalue weighted by Crippen LogP contribution is 2.29. The van der Waals surface area contributed by atoms with E-state index in [1.165, 1.54) is 0 Å². The third-order valence-corrected chi connectivity index (χ3v) is 5.85. The molecule has 3 rings (SSSR count). The number of hydrogen-bond donors (Lipinski definition) is 1. The molecule has 148 valence electrons. The molecular formula is C21H25N3O3S. The molecule has 0 bridgehead atoms. The number of methoxy groups -OCH3 is 1. The summed E-state index contributed by atoms with van der Waals surface area (Å²) in [6.07, 6.45) is 3.56. The Kier molecular flexibility index (Phi) is 5.21. The smallest absolute Gasteiger partial charge is 0.261 e. The highest BCUT2D eigenvalue weighted by molar-refractivity contribution is 7.92. The number of nitrogens with one attached hydrogen (secondary N) is 1. The van der Waals surface area contributed by atoms with Gasteiger partial charge in [-0.15, -0.1) is 0 Å². The quantitative estimate of drug-likeness (QED) is 0.695. The number of anilines is 1. The van der Waals surface area contributed by atoms with Gasteiger partial charge in [0.15, 0.2) is 0 Å². The first-order valence-corrected chi connectivity index (χ1v) is 10.4. The Balaban J connectivity index is 1.88. The molecule has 0 aliphatic heterocycles. The second-order valence-electron chi connectivity index (χ2n) is 7.69. The molecule has 0 spiro atoms. The fourth-order valence-corrected chi connectivity index (χ4v) is 3.91. The van der Waals surface area contributed by atoms with Crippen LogP contribution < -0.4 is 9.46 Å². The Labute approximate surface area is 166 Å². The van der Waals surface area contributed by atoms with Gasteiger partial charge in [-0.2, -0.15) is 0 Å². The Morgan fingerprint density at radius 2 is 1.75 bits per heavy atom. The van der Waals surface area contributed by atoms with Gasteiger partial charge in [0, 0.05) is 12.3 Å². The fourth-order valence-electron chi connectivity index (χ4n) is 2.86. The maximum Gasteiger partial charge on any atom is 0.261 e. The van der Waals surface area contributed by atoms with Gasteiger partial charge in [0.05, 0.1) is 35.4 Å². The van der Waals surface area contributed by atoms with Crippen LogP contribution in [0.25, 0.3) is 5.69 Å². The van der Waals surface area contributed by atoms with Crippen LogP contribution in [0, 0.1) is 6.92 Å². The largest absolute Gasteiger partial charge is 0.494 e. The van der Waals surface area contributed by atoms with Gasteiger partial charge in [-0.25, -0.2) is 13.4 Å². The van der Waals surface area contributed by atoms with Gasteiger partial charge in [0.2, 0.25) is 0 Å². The molecule has 0 saturated heterocycles. The maximum atomic E-state index is 12.8. The highest BCUT2D eigenvalue weighted by atomic mass is 32.2. The molecule has 28 heavy (non-hydrogen) atoms. The molecule has 0 fully saturated rings. The van der Waals surface area contributed by atoms with Crippen LogP contribution in [0.3, 0.4) is 0 Å². The summed E-state index contributed by atoms with van der Waals surface area (Å²) in [5.41, 5.74) is 3.13. The predicted molar refractivity (Wildman–Crippen MR) is 111 cm³/mol. The Morgan fingerprint density at radius 3 is 2.29 bits per heavy atom. The van der Waals surface area contributed by atoms with Crippen molar-refractivity contribution in [3.8, 4) is 11.4 Å². The molecule has 7 heteroatoms. The van der Waals surface area contributed by atoms with Gasteiger partial charge in [-0.1, -0.05) is 32.9 Å². The summed E-state index contributed by atoms with van der Waals surface area (Å²) in [4.78, 5) is 4.43. The second-order valence-corrected chi connectivity index (χ2v) is 9.37. The summed E-state index contributed by atoms with van der Waals surface area (Å²) in [6.45, 7) is 8.16. The van der Waals surface area contributed by atoms with Crippen LogP contribution in [0.4, 0.5) is 5.69 Å². The lowest BCUT2D eigenvalue weighted by Crippen LogP contribution is -2.15. The average molecular weight is 400 g/mol. The third kappa shape index (κ3) is 4.20. The Morgan fingerprint density at radius 1 is 1.07 bits per heavy atom. The van der Waals surface area contributed by atoms with E-state index in [9.17, 15) is 8.42 Å². The van der Waals surface area contributed by atoms with Crippen LogP contribution in [0.5, 0.6) is 5.75 Å². The van der Waals surface area contributed by atoms with Crippen molar-refractivity contribution < 1.29 is 13.2 Å². The van der Waals surface area contributed by atoms with Crippen molar-refractivity contribution in [2.24, 2.45) is 0 Å². The summed E-state index contributed by atoms with van der Waals surface area (Å²) in [6, 6.07) is 12.1. The van der Waals surface area contributed by atoms with E-state index in [-0.39, 0.29) is 10.3 Å². The van der Waals surface area contributed by atoms with Gasteiger partial charge >= 0.3 is 0 Å². The van der Waals surface area contributed by atoms with Crippen molar-refractivity contribution in [3.63, 3.8) is 0 Å². The van der Waals surface area contributed by atoms with Gasteiger partial charge in [0.1, 0.15) is 5.75 Å². The standard InChI is InChI=1S/C21H25N3O3S/c1-15-13-24(14-22-15)19-11-8-17(12-20(19)27-5)23-28(25,26)18-9-6-16(7-10-18)21(2,3)4/h6-14,23H,1-5H3. The number of rotatable bonds is 5. The average Bonchev–Trinajstić information content (AvgIpc) is 3.07. The summed E-state index contributed by atoms with van der Waals surface area (Å²) >= 11 is 0. The van der Waals surface area contributed by atoms with Gasteiger partial charge in [-0.3, -0.25) is 4.72 Å². The molecule has 1 heterocycles. The summed E-state index contributed by atoms with van der Waals surface area (Å²) in [7, 11) is -2.15. The second kappa shape index (κ2) is 7.31. The van der Waals surface area contributed by atoms with E-state index >= 15 is 0 Å². The van der Waals surface area contributed by atoms with E-state index < -0.39 is 10.0 Å². The van der Waals surface area contributed by atoms with E-state index in [2.05, 4.69) is 30.5 Å². The minimum atomic E-state index is -3.70.